The summed E-state index contributed by atoms with van der Waals surface area (Å²) in [6.07, 6.45) is 0. The second kappa shape index (κ2) is 4.31. The zero-order valence-electron chi connectivity index (χ0n) is 10.9. The summed E-state index contributed by atoms with van der Waals surface area (Å²) in [6.45, 7) is 0. The summed E-state index contributed by atoms with van der Waals surface area (Å²) >= 11 is 0. The number of nitrogen functional groups attached to an aromatic ring is 1. The van der Waals surface area contributed by atoms with E-state index in [0.29, 0.717) is 5.69 Å². The lowest BCUT2D eigenvalue weighted by atomic mass is 10.2. The lowest BCUT2D eigenvalue weighted by Gasteiger charge is -2.04. The topological polar surface area (TPSA) is 53.1 Å². The summed E-state index contributed by atoms with van der Waals surface area (Å²) < 4.78 is 7.29. The fourth-order valence-electron chi connectivity index (χ4n) is 2.26. The molecule has 3 aromatic rings. The second-order valence-corrected chi connectivity index (χ2v) is 4.44. The Labute approximate surface area is 111 Å². The molecule has 0 unspecified atom stereocenters. The Balaban J connectivity index is 2.25. The number of methoxy groups -OCH3 is 1. The quantitative estimate of drug-likeness (QED) is 0.714. The minimum atomic E-state index is 0.697. The molecule has 0 saturated carbocycles. The van der Waals surface area contributed by atoms with Crippen molar-refractivity contribution < 1.29 is 4.74 Å². The molecule has 2 aromatic carbocycles. The van der Waals surface area contributed by atoms with Crippen LogP contribution in [0.1, 0.15) is 0 Å². The average Bonchev–Trinajstić information content (AvgIpc) is 2.78. The first-order valence-corrected chi connectivity index (χ1v) is 6.06. The highest BCUT2D eigenvalue weighted by Crippen LogP contribution is 2.28. The van der Waals surface area contributed by atoms with Crippen molar-refractivity contribution in [1.82, 2.24) is 9.55 Å². The molecule has 0 atom stereocenters. The van der Waals surface area contributed by atoms with Gasteiger partial charge in [-0.05, 0) is 24.3 Å². The molecule has 0 aliphatic heterocycles. The molecule has 96 valence electrons. The van der Waals surface area contributed by atoms with E-state index in [9.17, 15) is 0 Å². The number of ether oxygens (including phenoxy) is 1. The summed E-state index contributed by atoms with van der Waals surface area (Å²) in [5.41, 5.74) is 9.54. The normalized spacial score (nSPS) is 10.8. The van der Waals surface area contributed by atoms with Crippen LogP contribution in [0.15, 0.2) is 42.5 Å². The first kappa shape index (κ1) is 11.6. The van der Waals surface area contributed by atoms with E-state index >= 15 is 0 Å². The predicted molar refractivity (Wildman–Crippen MR) is 77.1 cm³/mol. The van der Waals surface area contributed by atoms with Gasteiger partial charge in [-0.25, -0.2) is 4.98 Å². The molecule has 1 aromatic heterocycles. The van der Waals surface area contributed by atoms with Crippen LogP contribution >= 0.6 is 0 Å². The first-order chi connectivity index (χ1) is 9.20. The van der Waals surface area contributed by atoms with Gasteiger partial charge in [0.15, 0.2) is 0 Å². The number of hydrogen-bond donors (Lipinski definition) is 1. The lowest BCUT2D eigenvalue weighted by molar-refractivity contribution is 0.415. The number of para-hydroxylation sites is 1. The number of nitrogens with zero attached hydrogens (tertiary/aromatic N) is 2. The molecule has 0 fully saturated rings. The number of aryl methyl sites for hydroxylation is 1. The molecule has 0 amide bonds. The fourth-order valence-corrected chi connectivity index (χ4v) is 2.26. The molecule has 0 saturated heterocycles. The maximum Gasteiger partial charge on any atom is 0.141 e. The Morgan fingerprint density at radius 2 is 1.95 bits per heavy atom. The molecule has 19 heavy (non-hydrogen) atoms. The molecule has 2 N–H and O–H groups in total. The van der Waals surface area contributed by atoms with Crippen LogP contribution in [0.4, 0.5) is 5.69 Å². The smallest absolute Gasteiger partial charge is 0.141 e. The number of hydrogen-bond acceptors (Lipinski definition) is 3. The van der Waals surface area contributed by atoms with Gasteiger partial charge in [-0.1, -0.05) is 18.2 Å². The van der Waals surface area contributed by atoms with Crippen LogP contribution in [0.25, 0.3) is 22.4 Å². The van der Waals surface area contributed by atoms with Gasteiger partial charge in [-0.3, -0.25) is 0 Å². The minimum Gasteiger partial charge on any atom is -0.497 e. The SMILES string of the molecule is COc1cccc(-c2nc3c(N)cccc3n2C)c1. The molecule has 4 heteroatoms. The zero-order valence-corrected chi connectivity index (χ0v) is 10.9. The number of imidazole rings is 1. The summed E-state index contributed by atoms with van der Waals surface area (Å²) in [4.78, 5) is 4.64. The van der Waals surface area contributed by atoms with Crippen LogP contribution in [0.5, 0.6) is 5.75 Å². The Bertz CT molecular complexity index is 746. The van der Waals surface area contributed by atoms with E-state index in [4.69, 9.17) is 10.5 Å². The number of anilines is 1. The maximum absolute atomic E-state index is 5.97. The van der Waals surface area contributed by atoms with Crippen LogP contribution < -0.4 is 10.5 Å². The Morgan fingerprint density at radius 3 is 2.68 bits per heavy atom. The molecule has 0 spiro atoms. The average molecular weight is 253 g/mol. The van der Waals surface area contributed by atoms with E-state index < -0.39 is 0 Å². The van der Waals surface area contributed by atoms with Crippen molar-refractivity contribution >= 4 is 16.7 Å². The van der Waals surface area contributed by atoms with Crippen LogP contribution in [-0.4, -0.2) is 16.7 Å². The van der Waals surface area contributed by atoms with Crippen molar-refractivity contribution in [1.29, 1.82) is 0 Å². The minimum absolute atomic E-state index is 0.697. The van der Waals surface area contributed by atoms with Crippen LogP contribution in [-0.2, 0) is 7.05 Å². The standard InChI is InChI=1S/C15H15N3O/c1-18-13-8-4-7-12(16)14(13)17-15(18)10-5-3-6-11(9-10)19-2/h3-9H,16H2,1-2H3. The van der Waals surface area contributed by atoms with Gasteiger partial charge in [0.1, 0.15) is 17.1 Å². The largest absolute Gasteiger partial charge is 0.497 e. The number of aromatic nitrogens is 2. The summed E-state index contributed by atoms with van der Waals surface area (Å²) in [5.74, 6) is 1.70. The summed E-state index contributed by atoms with van der Waals surface area (Å²) in [7, 11) is 3.65. The summed E-state index contributed by atoms with van der Waals surface area (Å²) in [6, 6.07) is 13.7. The van der Waals surface area contributed by atoms with Crippen molar-refractivity contribution in [2.75, 3.05) is 12.8 Å². The predicted octanol–water partition coefficient (Wildman–Crippen LogP) is 2.83. The van der Waals surface area contributed by atoms with E-state index in [2.05, 4.69) is 4.98 Å². The van der Waals surface area contributed by atoms with E-state index in [1.54, 1.807) is 7.11 Å². The second-order valence-electron chi connectivity index (χ2n) is 4.44. The molecule has 0 aliphatic rings. The van der Waals surface area contributed by atoms with Crippen molar-refractivity contribution in [3.05, 3.63) is 42.5 Å². The third-order valence-electron chi connectivity index (χ3n) is 3.27. The molecule has 3 rings (SSSR count). The fraction of sp³-hybridized carbons (Fsp3) is 0.133. The lowest BCUT2D eigenvalue weighted by Crippen LogP contribution is -1.93. The van der Waals surface area contributed by atoms with Gasteiger partial charge in [-0.2, -0.15) is 0 Å². The first-order valence-electron chi connectivity index (χ1n) is 6.06. The number of rotatable bonds is 2. The van der Waals surface area contributed by atoms with Crippen molar-refractivity contribution in [2.24, 2.45) is 7.05 Å². The Hall–Kier alpha value is -2.49. The summed E-state index contributed by atoms with van der Waals surface area (Å²) in [5, 5.41) is 0. The van der Waals surface area contributed by atoms with E-state index in [1.165, 1.54) is 0 Å². The van der Waals surface area contributed by atoms with Gasteiger partial charge in [-0.15, -0.1) is 0 Å². The van der Waals surface area contributed by atoms with Gasteiger partial charge >= 0.3 is 0 Å². The highest BCUT2D eigenvalue weighted by Gasteiger charge is 2.11. The molecule has 0 aliphatic carbocycles. The van der Waals surface area contributed by atoms with Gasteiger partial charge in [0.2, 0.25) is 0 Å². The number of nitrogens with two attached hydrogens (primary N) is 1. The van der Waals surface area contributed by atoms with Crippen LogP contribution in [0, 0.1) is 0 Å². The molecule has 4 nitrogen and oxygen atoms in total. The van der Waals surface area contributed by atoms with Crippen molar-refractivity contribution in [2.45, 2.75) is 0 Å². The maximum atomic E-state index is 5.97. The number of benzene rings is 2. The molecule has 0 bridgehead atoms. The highest BCUT2D eigenvalue weighted by atomic mass is 16.5. The van der Waals surface area contributed by atoms with Crippen molar-refractivity contribution in [3.63, 3.8) is 0 Å². The van der Waals surface area contributed by atoms with Gasteiger partial charge in [0.05, 0.1) is 18.3 Å². The monoisotopic (exact) mass is 253 g/mol. The van der Waals surface area contributed by atoms with Gasteiger partial charge < -0.3 is 15.0 Å². The van der Waals surface area contributed by atoms with E-state index in [-0.39, 0.29) is 0 Å². The van der Waals surface area contributed by atoms with E-state index in [0.717, 1.165) is 28.2 Å². The van der Waals surface area contributed by atoms with Gasteiger partial charge in [0, 0.05) is 12.6 Å². The van der Waals surface area contributed by atoms with Gasteiger partial charge in [0.25, 0.3) is 0 Å². The molecular formula is C15H15N3O. The van der Waals surface area contributed by atoms with Crippen LogP contribution in [0.3, 0.4) is 0 Å². The molecular weight excluding hydrogens is 238 g/mol. The highest BCUT2D eigenvalue weighted by molar-refractivity contribution is 5.90. The molecule has 1 heterocycles. The van der Waals surface area contributed by atoms with Crippen molar-refractivity contribution in [3.8, 4) is 17.1 Å². The Morgan fingerprint density at radius 1 is 1.16 bits per heavy atom. The van der Waals surface area contributed by atoms with E-state index in [1.807, 2.05) is 54.1 Å². The third kappa shape index (κ3) is 1.81. The third-order valence-corrected chi connectivity index (χ3v) is 3.27. The molecule has 0 radical (unpaired) electrons. The number of fused-ring (bicyclic) bond motifs is 1. The zero-order chi connectivity index (χ0) is 13.4. The van der Waals surface area contributed by atoms with Crippen LogP contribution in [0.2, 0.25) is 0 Å². The Kier molecular flexibility index (Phi) is 2.63.